The zero-order valence-corrected chi connectivity index (χ0v) is 27.9. The molecule has 2 saturated heterocycles. The van der Waals surface area contributed by atoms with Gasteiger partial charge in [0.25, 0.3) is 0 Å². The number of aliphatic hydroxyl groups is 1. The molecule has 0 bridgehead atoms. The van der Waals surface area contributed by atoms with Gasteiger partial charge in [-0.1, -0.05) is 6.07 Å². The highest BCUT2D eigenvalue weighted by Crippen LogP contribution is 2.40. The Hall–Kier alpha value is -1.72. The van der Waals surface area contributed by atoms with E-state index < -0.39 is 27.9 Å². The van der Waals surface area contributed by atoms with Gasteiger partial charge in [-0.25, -0.2) is 8.42 Å². The number of thioether (sulfide) groups is 1. The van der Waals surface area contributed by atoms with Crippen molar-refractivity contribution in [2.75, 3.05) is 85.1 Å². The molecule has 1 N–H and O–H groups in total. The lowest BCUT2D eigenvalue weighted by molar-refractivity contribution is -0.139. The smallest absolute Gasteiger partial charge is 0.390 e. The number of aromatic nitrogens is 2. The summed E-state index contributed by atoms with van der Waals surface area (Å²) in [7, 11) is 0.673. The molecule has 0 spiro atoms. The number of nitrogens with zero attached hydrogens (tertiary/aromatic N) is 6. The fourth-order valence-corrected chi connectivity index (χ4v) is 8.34. The summed E-state index contributed by atoms with van der Waals surface area (Å²) in [5.74, 6) is 0.485. The molecule has 0 saturated carbocycles. The molecular weight excluding hydrogens is 629 g/mol. The fourth-order valence-electron chi connectivity index (χ4n) is 6.44. The predicted octanol–water partition coefficient (Wildman–Crippen LogP) is 2.70. The predicted molar refractivity (Wildman–Crippen MR) is 169 cm³/mol. The quantitative estimate of drug-likeness (QED) is 0.362. The number of hydrogen-bond donors (Lipinski definition) is 1. The van der Waals surface area contributed by atoms with E-state index in [0.29, 0.717) is 61.3 Å². The zero-order chi connectivity index (χ0) is 32.4. The van der Waals surface area contributed by atoms with Crippen molar-refractivity contribution in [1.82, 2.24) is 28.8 Å². The maximum atomic E-state index is 14.1. The van der Waals surface area contributed by atoms with Gasteiger partial charge in [-0.2, -0.15) is 22.6 Å². The van der Waals surface area contributed by atoms with Crippen molar-refractivity contribution >= 4 is 21.8 Å². The van der Waals surface area contributed by atoms with Crippen molar-refractivity contribution in [2.45, 2.75) is 55.6 Å². The summed E-state index contributed by atoms with van der Waals surface area (Å²) in [5, 5.41) is 15.9. The molecule has 1 atom stereocenters. The van der Waals surface area contributed by atoms with E-state index in [1.54, 1.807) is 4.68 Å². The number of hydrogen-bond acceptors (Lipinski definition) is 9. The number of benzene rings is 1. The summed E-state index contributed by atoms with van der Waals surface area (Å²) in [4.78, 5) is 6.79. The van der Waals surface area contributed by atoms with E-state index in [1.165, 1.54) is 28.2 Å². The van der Waals surface area contributed by atoms with E-state index in [-0.39, 0.29) is 24.5 Å². The van der Waals surface area contributed by atoms with Crippen LogP contribution in [-0.2, 0) is 40.4 Å². The number of ether oxygens (including phenoxy) is 1. The van der Waals surface area contributed by atoms with Gasteiger partial charge in [-0.3, -0.25) is 9.58 Å². The van der Waals surface area contributed by atoms with Gasteiger partial charge in [0.05, 0.1) is 43.4 Å². The SMILES string of the molecule is CN(C)C1CCN(CC(O)Cn2nc(-c3ccc(C(F)(F)F)c(SCCN4CCOCC4)c3)c3c2CCN(S(C)(=O)=O)C3)CC1. The Labute approximate surface area is 268 Å². The summed E-state index contributed by atoms with van der Waals surface area (Å²) in [6.07, 6.45) is -1.60. The van der Waals surface area contributed by atoms with Crippen molar-refractivity contribution < 1.29 is 31.4 Å². The largest absolute Gasteiger partial charge is 0.417 e. The van der Waals surface area contributed by atoms with Crippen LogP contribution in [0.25, 0.3) is 11.3 Å². The number of sulfonamides is 1. The van der Waals surface area contributed by atoms with Crippen molar-refractivity contribution in [3.05, 3.63) is 35.0 Å². The maximum absolute atomic E-state index is 14.1. The van der Waals surface area contributed by atoms with Crippen LogP contribution in [0.2, 0.25) is 0 Å². The molecule has 0 radical (unpaired) electrons. The monoisotopic (exact) mass is 674 g/mol. The Kier molecular flexibility index (Phi) is 11.2. The van der Waals surface area contributed by atoms with E-state index in [9.17, 15) is 26.7 Å². The molecule has 252 valence electrons. The first-order valence-corrected chi connectivity index (χ1v) is 18.4. The number of β-amino-alcohol motifs (C(OH)–C–C–N with tert-alkyl or cyclic N) is 1. The molecule has 4 heterocycles. The molecule has 0 aliphatic carbocycles. The fraction of sp³-hybridized carbons (Fsp3) is 0.700. The molecule has 1 aromatic carbocycles. The lowest BCUT2D eigenvalue weighted by Crippen LogP contribution is -2.45. The first-order chi connectivity index (χ1) is 21.3. The lowest BCUT2D eigenvalue weighted by atomic mass is 10.0. The van der Waals surface area contributed by atoms with Gasteiger partial charge in [0, 0.05) is 79.2 Å². The summed E-state index contributed by atoms with van der Waals surface area (Å²) in [5.41, 5.74) is 1.76. The summed E-state index contributed by atoms with van der Waals surface area (Å²) in [6, 6.07) is 4.58. The van der Waals surface area contributed by atoms with E-state index in [0.717, 1.165) is 57.0 Å². The molecule has 15 heteroatoms. The third kappa shape index (κ3) is 8.80. The van der Waals surface area contributed by atoms with Crippen molar-refractivity contribution in [2.24, 2.45) is 0 Å². The molecule has 1 unspecified atom stereocenters. The third-order valence-electron chi connectivity index (χ3n) is 9.04. The second-order valence-electron chi connectivity index (χ2n) is 12.5. The molecule has 2 fully saturated rings. The van der Waals surface area contributed by atoms with Crippen LogP contribution in [0.3, 0.4) is 0 Å². The molecule has 5 rings (SSSR count). The van der Waals surface area contributed by atoms with Gasteiger partial charge in [-0.15, -0.1) is 11.8 Å². The van der Waals surface area contributed by atoms with Crippen molar-refractivity contribution in [1.29, 1.82) is 0 Å². The van der Waals surface area contributed by atoms with Crippen molar-refractivity contribution in [3.8, 4) is 11.3 Å². The number of fused-ring (bicyclic) bond motifs is 1. The number of aliphatic hydroxyl groups excluding tert-OH is 1. The molecule has 10 nitrogen and oxygen atoms in total. The van der Waals surface area contributed by atoms with Crippen LogP contribution < -0.4 is 0 Å². The first-order valence-electron chi connectivity index (χ1n) is 15.5. The first kappa shape index (κ1) is 34.6. The van der Waals surface area contributed by atoms with E-state index in [1.807, 2.05) is 0 Å². The summed E-state index contributed by atoms with van der Waals surface area (Å²) in [6.45, 7) is 6.26. The highest BCUT2D eigenvalue weighted by Gasteiger charge is 2.35. The minimum absolute atomic E-state index is 0.0815. The van der Waals surface area contributed by atoms with Crippen LogP contribution in [0.5, 0.6) is 0 Å². The van der Waals surface area contributed by atoms with E-state index >= 15 is 0 Å². The van der Waals surface area contributed by atoms with Crippen LogP contribution in [0.15, 0.2) is 23.1 Å². The second kappa shape index (κ2) is 14.6. The van der Waals surface area contributed by atoms with Crippen LogP contribution in [0.4, 0.5) is 13.2 Å². The number of likely N-dealkylation sites (tertiary alicyclic amines) is 1. The van der Waals surface area contributed by atoms with Crippen LogP contribution in [0.1, 0.15) is 29.7 Å². The minimum atomic E-state index is -4.52. The van der Waals surface area contributed by atoms with Gasteiger partial charge < -0.3 is 19.6 Å². The molecule has 3 aliphatic rings. The molecule has 3 aliphatic heterocycles. The molecule has 2 aromatic rings. The van der Waals surface area contributed by atoms with E-state index in [2.05, 4.69) is 28.8 Å². The number of rotatable bonds is 11. The Bertz CT molecular complexity index is 1410. The maximum Gasteiger partial charge on any atom is 0.417 e. The Morgan fingerprint density at radius 2 is 1.80 bits per heavy atom. The van der Waals surface area contributed by atoms with Gasteiger partial charge >= 0.3 is 6.18 Å². The van der Waals surface area contributed by atoms with E-state index in [4.69, 9.17) is 9.84 Å². The van der Waals surface area contributed by atoms with Gasteiger partial charge in [0.15, 0.2) is 0 Å². The molecule has 45 heavy (non-hydrogen) atoms. The molecular formula is C30H45F3N6O4S2. The Morgan fingerprint density at radius 1 is 1.09 bits per heavy atom. The normalized spacial score (nSPS) is 20.5. The van der Waals surface area contributed by atoms with Gasteiger partial charge in [0.2, 0.25) is 10.0 Å². The minimum Gasteiger partial charge on any atom is -0.390 e. The zero-order valence-electron chi connectivity index (χ0n) is 26.3. The third-order valence-corrected chi connectivity index (χ3v) is 11.3. The average molecular weight is 675 g/mol. The Morgan fingerprint density at radius 3 is 2.44 bits per heavy atom. The Balaban J connectivity index is 1.39. The number of morpholine rings is 1. The molecule has 0 amide bonds. The second-order valence-corrected chi connectivity index (χ2v) is 15.6. The number of halogens is 3. The van der Waals surface area contributed by atoms with Gasteiger partial charge in [-0.05, 0) is 52.2 Å². The van der Waals surface area contributed by atoms with Gasteiger partial charge in [0.1, 0.15) is 0 Å². The number of piperidine rings is 1. The standard InChI is InChI=1S/C30H45F3N6O4S2/c1-35(2)23-6-9-37(10-7-23)19-24(40)20-39-27-8-11-38(45(3,41)42)21-25(27)29(34-39)22-4-5-26(30(31,32)33)28(18-22)44-17-14-36-12-15-43-16-13-36/h4-5,18,23-24,40H,6-17,19-21H2,1-3H3. The van der Waals surface area contributed by atoms with Crippen LogP contribution >= 0.6 is 11.8 Å². The summed E-state index contributed by atoms with van der Waals surface area (Å²) >= 11 is 1.17. The highest BCUT2D eigenvalue weighted by molar-refractivity contribution is 7.99. The topological polar surface area (TPSA) is 94.4 Å². The highest BCUT2D eigenvalue weighted by atomic mass is 32.2. The lowest BCUT2D eigenvalue weighted by Gasteiger charge is -2.36. The number of alkyl halides is 3. The van der Waals surface area contributed by atoms with Crippen molar-refractivity contribution in [3.63, 3.8) is 0 Å². The molecule has 1 aromatic heterocycles. The van der Waals surface area contributed by atoms with Crippen LogP contribution in [-0.4, -0.2) is 140 Å². The summed E-state index contributed by atoms with van der Waals surface area (Å²) < 4.78 is 75.6. The average Bonchev–Trinajstić information content (AvgIpc) is 3.34. The van der Waals surface area contributed by atoms with Crippen LogP contribution in [0, 0.1) is 0 Å².